The van der Waals surface area contributed by atoms with Crippen LogP contribution in [0.4, 0.5) is 0 Å². The van der Waals surface area contributed by atoms with Crippen LogP contribution in [-0.4, -0.2) is 28.9 Å². The molecule has 0 N–H and O–H groups in total. The molecule has 5 heteroatoms. The van der Waals surface area contributed by atoms with Crippen LogP contribution in [0.5, 0.6) is 0 Å². The smallest absolute Gasteiger partial charge is 0.307 e. The topological polar surface area (TPSA) is 77.5 Å². The van der Waals surface area contributed by atoms with Gasteiger partial charge >= 0.3 is 5.97 Å². The minimum atomic E-state index is -1.08. The molecule has 1 saturated carbocycles. The predicted octanol–water partition coefficient (Wildman–Crippen LogP) is 4.95. The van der Waals surface area contributed by atoms with Crippen molar-refractivity contribution >= 4 is 23.3 Å². The lowest BCUT2D eigenvalue weighted by Crippen LogP contribution is -2.52. The Hall–Kier alpha value is -2.30. The zero-order valence-electron chi connectivity index (χ0n) is 20.7. The van der Waals surface area contributed by atoms with Crippen LogP contribution >= 0.6 is 0 Å². The minimum Gasteiger partial charge on any atom is -0.453 e. The summed E-state index contributed by atoms with van der Waals surface area (Å²) in [6.07, 6.45) is 9.37. The number of rotatable bonds is 5. The molecule has 178 valence electrons. The maximum atomic E-state index is 13.9. The largest absolute Gasteiger partial charge is 0.453 e. The normalized spacial score (nSPS) is 38.2. The van der Waals surface area contributed by atoms with Crippen molar-refractivity contribution in [2.75, 3.05) is 0 Å². The number of carbonyl (C=O) groups is 4. The second-order valence-corrected chi connectivity index (χ2v) is 11.5. The van der Waals surface area contributed by atoms with Gasteiger partial charge in [0.2, 0.25) is 0 Å². The van der Waals surface area contributed by atoms with Gasteiger partial charge in [0.25, 0.3) is 0 Å². The Morgan fingerprint density at radius 3 is 2.33 bits per heavy atom. The molecule has 0 unspecified atom stereocenters. The van der Waals surface area contributed by atoms with E-state index in [-0.39, 0.29) is 53.6 Å². The van der Waals surface area contributed by atoms with Crippen molar-refractivity contribution in [3.8, 4) is 0 Å². The molecule has 2 fully saturated rings. The highest BCUT2D eigenvalue weighted by Gasteiger charge is 2.69. The van der Waals surface area contributed by atoms with E-state index in [1.807, 2.05) is 0 Å². The third-order valence-electron chi connectivity index (χ3n) is 9.25. The summed E-state index contributed by atoms with van der Waals surface area (Å²) in [5, 5.41) is 0. The van der Waals surface area contributed by atoms with Crippen molar-refractivity contribution < 1.29 is 23.9 Å². The second-order valence-electron chi connectivity index (χ2n) is 11.5. The zero-order chi connectivity index (χ0) is 24.3. The first-order valence-electron chi connectivity index (χ1n) is 12.3. The number of allylic oxidation sites excluding steroid dienone is 5. The number of Topliss-reactive ketones (excluding diaryl/α,β-unsaturated/α-hetero) is 1. The summed E-state index contributed by atoms with van der Waals surface area (Å²) >= 11 is 0. The minimum absolute atomic E-state index is 0.118. The molecule has 0 radical (unpaired) electrons. The zero-order valence-corrected chi connectivity index (χ0v) is 20.7. The van der Waals surface area contributed by atoms with Crippen LogP contribution < -0.4 is 0 Å². The molecule has 0 aromatic heterocycles. The molecular weight excluding hydrogens is 416 g/mol. The van der Waals surface area contributed by atoms with Crippen molar-refractivity contribution in [3.63, 3.8) is 0 Å². The third kappa shape index (κ3) is 3.41. The van der Waals surface area contributed by atoms with Crippen LogP contribution in [0.25, 0.3) is 0 Å². The van der Waals surface area contributed by atoms with E-state index in [9.17, 15) is 19.2 Å². The Kier molecular flexibility index (Phi) is 5.70. The molecule has 1 saturated heterocycles. The van der Waals surface area contributed by atoms with E-state index in [0.29, 0.717) is 30.3 Å². The highest BCUT2D eigenvalue weighted by atomic mass is 16.6. The molecule has 0 bridgehead atoms. The van der Waals surface area contributed by atoms with Crippen LogP contribution in [0.1, 0.15) is 73.6 Å². The molecule has 1 aliphatic heterocycles. The van der Waals surface area contributed by atoms with E-state index in [1.165, 1.54) is 12.2 Å². The van der Waals surface area contributed by atoms with Gasteiger partial charge in [-0.25, -0.2) is 0 Å². The molecular formula is C28H36O5. The number of ether oxygens (including phenoxy) is 1. The Bertz CT molecular complexity index is 1010. The number of hydrogen-bond acceptors (Lipinski definition) is 5. The van der Waals surface area contributed by atoms with E-state index in [1.54, 1.807) is 6.92 Å². The monoisotopic (exact) mass is 452 g/mol. The lowest BCUT2D eigenvalue weighted by atomic mass is 9.57. The SMILES string of the molecule is CC(C)[C@@H](C)/C=C/[C@@H](C)[C@H]1CC[C@]2(C3=CC(=O)C4=CC(=O)CC[C@]4(C)C3=O)OC(=O)C[C@]12C. The van der Waals surface area contributed by atoms with Gasteiger partial charge in [0.15, 0.2) is 17.3 Å². The first-order valence-corrected chi connectivity index (χ1v) is 12.3. The Morgan fingerprint density at radius 1 is 0.970 bits per heavy atom. The molecule has 4 aliphatic rings. The Labute approximate surface area is 196 Å². The van der Waals surface area contributed by atoms with Crippen LogP contribution in [0, 0.1) is 34.5 Å². The maximum Gasteiger partial charge on any atom is 0.307 e. The fourth-order valence-electron chi connectivity index (χ4n) is 6.63. The molecule has 0 spiro atoms. The van der Waals surface area contributed by atoms with Crippen molar-refractivity contribution in [2.45, 2.75) is 79.2 Å². The summed E-state index contributed by atoms with van der Waals surface area (Å²) in [6.45, 7) is 12.6. The lowest BCUT2D eigenvalue weighted by Gasteiger charge is -2.45. The summed E-state index contributed by atoms with van der Waals surface area (Å²) in [5.74, 6) is 0.466. The van der Waals surface area contributed by atoms with Gasteiger partial charge in [-0.15, -0.1) is 0 Å². The number of esters is 1. The number of hydrogen-bond donors (Lipinski definition) is 0. The van der Waals surface area contributed by atoms with Crippen LogP contribution in [-0.2, 0) is 23.9 Å². The highest BCUT2D eigenvalue weighted by molar-refractivity contribution is 6.24. The van der Waals surface area contributed by atoms with Gasteiger partial charge in [0.05, 0.1) is 11.8 Å². The molecule has 3 aliphatic carbocycles. The summed E-state index contributed by atoms with van der Waals surface area (Å²) in [4.78, 5) is 51.7. The van der Waals surface area contributed by atoms with Crippen molar-refractivity contribution in [3.05, 3.63) is 35.5 Å². The van der Waals surface area contributed by atoms with E-state index in [0.717, 1.165) is 6.42 Å². The van der Waals surface area contributed by atoms with Crippen LogP contribution in [0.2, 0.25) is 0 Å². The van der Waals surface area contributed by atoms with E-state index in [2.05, 4.69) is 46.8 Å². The van der Waals surface area contributed by atoms with Gasteiger partial charge in [-0.2, -0.15) is 0 Å². The molecule has 6 atom stereocenters. The molecule has 0 aromatic carbocycles. The van der Waals surface area contributed by atoms with Gasteiger partial charge < -0.3 is 4.74 Å². The highest BCUT2D eigenvalue weighted by Crippen LogP contribution is 2.65. The average Bonchev–Trinajstić information content (AvgIpc) is 3.16. The molecule has 1 heterocycles. The van der Waals surface area contributed by atoms with Gasteiger partial charge in [-0.3, -0.25) is 19.2 Å². The first kappa shape index (κ1) is 23.8. The standard InChI is InChI=1S/C28H36O5/c1-16(2)17(3)7-8-18(4)20-10-12-28(27(20,6)15-24(31)33-28)22-14-23(30)21-13-19(29)9-11-26(21,5)25(22)32/h7-8,13-14,16-18,20H,9-12,15H2,1-6H3/b8-7+/t17-,18+,20+,26-,27+,28+/m0/s1. The van der Waals surface area contributed by atoms with Crippen molar-refractivity contribution in [1.29, 1.82) is 0 Å². The maximum absolute atomic E-state index is 13.9. The molecule has 5 nitrogen and oxygen atoms in total. The van der Waals surface area contributed by atoms with Gasteiger partial charge in [-0.1, -0.05) is 46.8 Å². The summed E-state index contributed by atoms with van der Waals surface area (Å²) in [7, 11) is 0. The second kappa shape index (κ2) is 7.89. The van der Waals surface area contributed by atoms with Crippen molar-refractivity contribution in [1.82, 2.24) is 0 Å². The molecule has 33 heavy (non-hydrogen) atoms. The van der Waals surface area contributed by atoms with Gasteiger partial charge in [-0.05, 0) is 62.0 Å². The first-order chi connectivity index (χ1) is 15.4. The third-order valence-corrected chi connectivity index (χ3v) is 9.25. The quantitative estimate of drug-likeness (QED) is 0.436. The van der Waals surface area contributed by atoms with Crippen LogP contribution in [0.3, 0.4) is 0 Å². The summed E-state index contributed by atoms with van der Waals surface area (Å²) < 4.78 is 6.03. The number of carbonyl (C=O) groups excluding carboxylic acids is 4. The fourth-order valence-corrected chi connectivity index (χ4v) is 6.63. The predicted molar refractivity (Wildman–Crippen MR) is 125 cm³/mol. The number of fused-ring (bicyclic) bond motifs is 2. The molecule has 0 amide bonds. The summed E-state index contributed by atoms with van der Waals surface area (Å²) in [5.41, 5.74) is -2.06. The van der Waals surface area contributed by atoms with Gasteiger partial charge in [0.1, 0.15) is 5.60 Å². The Morgan fingerprint density at radius 2 is 1.67 bits per heavy atom. The van der Waals surface area contributed by atoms with Crippen LogP contribution in [0.15, 0.2) is 35.5 Å². The number of ketones is 3. The Balaban J connectivity index is 1.75. The summed E-state index contributed by atoms with van der Waals surface area (Å²) in [6, 6.07) is 0. The van der Waals surface area contributed by atoms with Gasteiger partial charge in [0, 0.05) is 23.0 Å². The molecule has 0 aromatic rings. The van der Waals surface area contributed by atoms with E-state index < -0.39 is 16.4 Å². The average molecular weight is 453 g/mol. The van der Waals surface area contributed by atoms with Crippen molar-refractivity contribution in [2.24, 2.45) is 34.5 Å². The van der Waals surface area contributed by atoms with E-state index in [4.69, 9.17) is 4.74 Å². The lowest BCUT2D eigenvalue weighted by molar-refractivity contribution is -0.149. The fraction of sp³-hybridized carbons (Fsp3) is 0.643. The van der Waals surface area contributed by atoms with E-state index >= 15 is 0 Å². The molecule has 4 rings (SSSR count).